The van der Waals surface area contributed by atoms with Crippen LogP contribution in [-0.2, 0) is 11.3 Å². The van der Waals surface area contributed by atoms with Crippen molar-refractivity contribution in [2.75, 3.05) is 47.4 Å². The first-order valence-corrected chi connectivity index (χ1v) is 9.95. The highest BCUT2D eigenvalue weighted by Gasteiger charge is 2.18. The van der Waals surface area contributed by atoms with E-state index in [2.05, 4.69) is 38.6 Å². The molecule has 28 heavy (non-hydrogen) atoms. The zero-order valence-corrected chi connectivity index (χ0v) is 19.8. The Labute approximate surface area is 186 Å². The molecule has 0 aromatic carbocycles. The average molecular weight is 505 g/mol. The topological polar surface area (TPSA) is 71.0 Å². The maximum absolute atomic E-state index is 6.10. The molecule has 160 valence electrons. The molecule has 0 atom stereocenters. The van der Waals surface area contributed by atoms with Crippen molar-refractivity contribution in [1.29, 1.82) is 0 Å². The lowest BCUT2D eigenvalue weighted by atomic mass is 10.2. The molecule has 0 saturated heterocycles. The number of ether oxygens (including phenoxy) is 2. The molecule has 0 unspecified atom stereocenters. The van der Waals surface area contributed by atoms with Crippen LogP contribution in [0.2, 0.25) is 0 Å². The Kier molecular flexibility index (Phi) is 13.2. The number of aromatic nitrogens is 1. The molecule has 0 bridgehead atoms. The summed E-state index contributed by atoms with van der Waals surface area (Å²) in [5, 5.41) is 6.72. The van der Waals surface area contributed by atoms with E-state index in [1.165, 1.54) is 12.8 Å². The van der Waals surface area contributed by atoms with E-state index in [1.807, 2.05) is 6.07 Å². The number of nitrogens with one attached hydrogen (secondary N) is 2. The minimum atomic E-state index is 0. The molecular weight excluding hydrogens is 469 g/mol. The van der Waals surface area contributed by atoms with Gasteiger partial charge in [-0.2, -0.15) is 0 Å². The Morgan fingerprint density at radius 2 is 2.07 bits per heavy atom. The third-order valence-corrected chi connectivity index (χ3v) is 4.77. The third-order valence-electron chi connectivity index (χ3n) is 4.77. The summed E-state index contributed by atoms with van der Waals surface area (Å²) in [4.78, 5) is 11.0. The summed E-state index contributed by atoms with van der Waals surface area (Å²) in [5.74, 6) is 1.53. The zero-order valence-electron chi connectivity index (χ0n) is 17.4. The Balaban J connectivity index is 0.00000392. The smallest absolute Gasteiger partial charge is 0.218 e. The van der Waals surface area contributed by atoms with Crippen molar-refractivity contribution in [3.05, 3.63) is 23.9 Å². The number of pyridine rings is 1. The maximum Gasteiger partial charge on any atom is 0.218 e. The Hall–Kier alpha value is -1.13. The van der Waals surface area contributed by atoms with E-state index < -0.39 is 0 Å². The van der Waals surface area contributed by atoms with Crippen LogP contribution in [0.3, 0.4) is 0 Å². The molecule has 1 aromatic rings. The number of rotatable bonds is 11. The van der Waals surface area contributed by atoms with Gasteiger partial charge in [-0.15, -0.1) is 24.0 Å². The standard InChI is InChI=1S/C20H35N5O2.HI/c1-21-20(23-12-14-25(2)13-7-15-26-3)24-16-17-8-6-11-22-19(17)27-18-9-4-5-10-18;/h6,8,11,18H,4-5,7,9-10,12-16H2,1-3H3,(H2,21,23,24);1H. The highest BCUT2D eigenvalue weighted by molar-refractivity contribution is 14.0. The van der Waals surface area contributed by atoms with E-state index in [0.717, 1.165) is 62.9 Å². The Morgan fingerprint density at radius 3 is 2.79 bits per heavy atom. The second-order valence-corrected chi connectivity index (χ2v) is 6.99. The molecule has 0 amide bonds. The Morgan fingerprint density at radius 1 is 1.29 bits per heavy atom. The first-order valence-electron chi connectivity index (χ1n) is 9.95. The molecule has 1 aliphatic carbocycles. The van der Waals surface area contributed by atoms with Crippen LogP contribution in [0.5, 0.6) is 5.88 Å². The fourth-order valence-corrected chi connectivity index (χ4v) is 3.18. The van der Waals surface area contributed by atoms with Crippen LogP contribution in [-0.4, -0.2) is 69.4 Å². The molecule has 0 aliphatic heterocycles. The van der Waals surface area contributed by atoms with Crippen LogP contribution in [0.15, 0.2) is 23.3 Å². The van der Waals surface area contributed by atoms with Gasteiger partial charge in [-0.25, -0.2) is 4.98 Å². The van der Waals surface area contributed by atoms with Gasteiger partial charge in [0, 0.05) is 58.7 Å². The average Bonchev–Trinajstić information content (AvgIpc) is 3.19. The van der Waals surface area contributed by atoms with Gasteiger partial charge in [-0.1, -0.05) is 6.07 Å². The van der Waals surface area contributed by atoms with Crippen molar-refractivity contribution in [2.24, 2.45) is 4.99 Å². The monoisotopic (exact) mass is 505 g/mol. The molecular formula is C20H36IN5O2. The SMILES string of the molecule is CN=C(NCCN(C)CCCOC)NCc1cccnc1OC1CCCC1.I. The van der Waals surface area contributed by atoms with E-state index in [9.17, 15) is 0 Å². The molecule has 8 heteroatoms. The molecule has 1 heterocycles. The quantitative estimate of drug-likeness (QED) is 0.209. The summed E-state index contributed by atoms with van der Waals surface area (Å²) in [6.07, 6.45) is 7.91. The Bertz CT molecular complexity index is 567. The molecule has 0 radical (unpaired) electrons. The van der Waals surface area contributed by atoms with Crippen LogP contribution < -0.4 is 15.4 Å². The van der Waals surface area contributed by atoms with E-state index in [-0.39, 0.29) is 24.0 Å². The summed E-state index contributed by atoms with van der Waals surface area (Å²) in [6, 6.07) is 4.00. The van der Waals surface area contributed by atoms with Crippen molar-refractivity contribution in [3.8, 4) is 5.88 Å². The van der Waals surface area contributed by atoms with E-state index >= 15 is 0 Å². The second kappa shape index (κ2) is 14.8. The number of aliphatic imine (C=N–C) groups is 1. The highest BCUT2D eigenvalue weighted by atomic mass is 127. The van der Waals surface area contributed by atoms with Gasteiger partial charge in [0.05, 0.1) is 0 Å². The van der Waals surface area contributed by atoms with E-state index in [0.29, 0.717) is 12.6 Å². The van der Waals surface area contributed by atoms with Crippen molar-refractivity contribution in [2.45, 2.75) is 44.8 Å². The van der Waals surface area contributed by atoms with Crippen molar-refractivity contribution >= 4 is 29.9 Å². The van der Waals surface area contributed by atoms with E-state index in [4.69, 9.17) is 9.47 Å². The van der Waals surface area contributed by atoms with Gasteiger partial charge in [0.2, 0.25) is 5.88 Å². The molecule has 1 fully saturated rings. The van der Waals surface area contributed by atoms with Crippen molar-refractivity contribution in [1.82, 2.24) is 20.5 Å². The van der Waals surface area contributed by atoms with Crippen LogP contribution in [0, 0.1) is 0 Å². The second-order valence-electron chi connectivity index (χ2n) is 6.99. The van der Waals surface area contributed by atoms with Crippen molar-refractivity contribution in [3.63, 3.8) is 0 Å². The molecule has 1 aromatic heterocycles. The highest BCUT2D eigenvalue weighted by Crippen LogP contribution is 2.24. The number of likely N-dealkylation sites (N-methyl/N-ethyl adjacent to an activating group) is 1. The lowest BCUT2D eigenvalue weighted by Gasteiger charge is -2.19. The molecule has 2 N–H and O–H groups in total. The predicted octanol–water partition coefficient (Wildman–Crippen LogP) is 2.65. The fraction of sp³-hybridized carbons (Fsp3) is 0.700. The predicted molar refractivity (Wildman–Crippen MR) is 125 cm³/mol. The van der Waals surface area contributed by atoms with Gasteiger partial charge in [-0.05, 0) is 45.2 Å². The summed E-state index contributed by atoms with van der Waals surface area (Å²) >= 11 is 0. The largest absolute Gasteiger partial charge is 0.474 e. The fourth-order valence-electron chi connectivity index (χ4n) is 3.18. The number of guanidine groups is 1. The van der Waals surface area contributed by atoms with E-state index in [1.54, 1.807) is 20.4 Å². The van der Waals surface area contributed by atoms with Crippen LogP contribution in [0.25, 0.3) is 0 Å². The van der Waals surface area contributed by atoms with Gasteiger partial charge < -0.3 is 25.0 Å². The minimum Gasteiger partial charge on any atom is -0.474 e. The molecule has 0 spiro atoms. The molecule has 1 aliphatic rings. The van der Waals surface area contributed by atoms with Crippen LogP contribution in [0.1, 0.15) is 37.7 Å². The van der Waals surface area contributed by atoms with Gasteiger partial charge >= 0.3 is 0 Å². The van der Waals surface area contributed by atoms with Gasteiger partial charge in [-0.3, -0.25) is 4.99 Å². The normalized spacial score (nSPS) is 14.8. The summed E-state index contributed by atoms with van der Waals surface area (Å²) in [6.45, 7) is 4.25. The molecule has 7 nitrogen and oxygen atoms in total. The first-order chi connectivity index (χ1) is 13.2. The lowest BCUT2D eigenvalue weighted by molar-refractivity contribution is 0.180. The van der Waals surface area contributed by atoms with Crippen LogP contribution >= 0.6 is 24.0 Å². The van der Waals surface area contributed by atoms with Gasteiger partial charge in [0.15, 0.2) is 5.96 Å². The summed E-state index contributed by atoms with van der Waals surface area (Å²) < 4.78 is 11.2. The molecule has 1 saturated carbocycles. The first kappa shape index (κ1) is 24.9. The number of methoxy groups -OCH3 is 1. The molecule has 2 rings (SSSR count). The number of halogens is 1. The number of nitrogens with zero attached hydrogens (tertiary/aromatic N) is 3. The van der Waals surface area contributed by atoms with Gasteiger partial charge in [0.1, 0.15) is 6.10 Å². The summed E-state index contributed by atoms with van der Waals surface area (Å²) in [5.41, 5.74) is 1.06. The maximum atomic E-state index is 6.10. The minimum absolute atomic E-state index is 0. The van der Waals surface area contributed by atoms with Crippen LogP contribution in [0.4, 0.5) is 0 Å². The summed E-state index contributed by atoms with van der Waals surface area (Å²) in [7, 11) is 5.65. The number of hydrogen-bond acceptors (Lipinski definition) is 5. The zero-order chi connectivity index (χ0) is 19.3. The lowest BCUT2D eigenvalue weighted by Crippen LogP contribution is -2.40. The van der Waals surface area contributed by atoms with Gasteiger partial charge in [0.25, 0.3) is 0 Å². The number of hydrogen-bond donors (Lipinski definition) is 2. The third kappa shape index (κ3) is 9.38. The van der Waals surface area contributed by atoms with Crippen molar-refractivity contribution < 1.29 is 9.47 Å².